The van der Waals surface area contributed by atoms with Gasteiger partial charge in [0.2, 0.25) is 15.9 Å². The number of rotatable bonds is 6. The molecule has 0 spiro atoms. The van der Waals surface area contributed by atoms with E-state index >= 15 is 0 Å². The molecule has 2 aromatic rings. The van der Waals surface area contributed by atoms with E-state index in [0.717, 1.165) is 12.0 Å². The molecule has 1 aromatic heterocycles. The summed E-state index contributed by atoms with van der Waals surface area (Å²) in [4.78, 5) is 12.7. The van der Waals surface area contributed by atoms with E-state index in [2.05, 4.69) is 15.5 Å². The van der Waals surface area contributed by atoms with Gasteiger partial charge in [-0.1, -0.05) is 23.7 Å². The number of amides is 1. The smallest absolute Gasteiger partial charge is 0.246 e. The number of carbonyl (C=O) groups excluding carboxylic acids is 1. The van der Waals surface area contributed by atoms with Gasteiger partial charge < -0.3 is 5.32 Å². The van der Waals surface area contributed by atoms with E-state index in [9.17, 15) is 13.2 Å². The molecule has 1 fully saturated rings. The fourth-order valence-electron chi connectivity index (χ4n) is 3.53. The minimum atomic E-state index is -3.59. The molecule has 1 aromatic carbocycles. The van der Waals surface area contributed by atoms with Gasteiger partial charge in [0.15, 0.2) is 0 Å². The number of sulfonamides is 1. The van der Waals surface area contributed by atoms with Gasteiger partial charge in [-0.25, -0.2) is 8.42 Å². The van der Waals surface area contributed by atoms with Gasteiger partial charge >= 0.3 is 0 Å². The van der Waals surface area contributed by atoms with Gasteiger partial charge in [0.05, 0.1) is 11.4 Å². The summed E-state index contributed by atoms with van der Waals surface area (Å²) >= 11 is 5.87. The van der Waals surface area contributed by atoms with Gasteiger partial charge in [0, 0.05) is 30.6 Å². The summed E-state index contributed by atoms with van der Waals surface area (Å²) in [6, 6.07) is 7.55. The maximum absolute atomic E-state index is 12.9. The van der Waals surface area contributed by atoms with Crippen molar-refractivity contribution in [2.45, 2.75) is 38.0 Å². The van der Waals surface area contributed by atoms with Gasteiger partial charge in [-0.15, -0.1) is 0 Å². The molecular formula is C19H25ClN4O3S. The van der Waals surface area contributed by atoms with Crippen molar-refractivity contribution in [3.63, 3.8) is 0 Å². The van der Waals surface area contributed by atoms with Crippen molar-refractivity contribution in [2.24, 2.45) is 5.92 Å². The van der Waals surface area contributed by atoms with Crippen LogP contribution in [0.15, 0.2) is 29.2 Å². The van der Waals surface area contributed by atoms with Crippen LogP contribution >= 0.6 is 11.6 Å². The molecule has 7 nitrogen and oxygen atoms in total. The summed E-state index contributed by atoms with van der Waals surface area (Å²) in [7, 11) is -3.59. The Morgan fingerprint density at radius 2 is 1.89 bits per heavy atom. The molecule has 0 bridgehead atoms. The molecular weight excluding hydrogens is 400 g/mol. The molecule has 0 aliphatic carbocycles. The molecule has 9 heteroatoms. The maximum atomic E-state index is 12.9. The zero-order valence-corrected chi connectivity index (χ0v) is 17.6. The van der Waals surface area contributed by atoms with E-state index in [1.165, 1.54) is 4.31 Å². The first-order chi connectivity index (χ1) is 13.3. The second-order valence-electron chi connectivity index (χ2n) is 7.11. The van der Waals surface area contributed by atoms with E-state index in [1.54, 1.807) is 13.8 Å². The highest BCUT2D eigenvalue weighted by Crippen LogP contribution is 2.26. The number of nitrogens with one attached hydrogen (secondary N) is 2. The maximum Gasteiger partial charge on any atom is 0.246 e. The summed E-state index contributed by atoms with van der Waals surface area (Å²) in [6.07, 6.45) is 1.76. The molecule has 1 amide bonds. The number of hydrogen-bond donors (Lipinski definition) is 2. The van der Waals surface area contributed by atoms with Crippen LogP contribution in [0.25, 0.3) is 0 Å². The van der Waals surface area contributed by atoms with E-state index in [4.69, 9.17) is 11.6 Å². The van der Waals surface area contributed by atoms with Crippen molar-refractivity contribution >= 4 is 27.5 Å². The summed E-state index contributed by atoms with van der Waals surface area (Å²) in [5.74, 6) is -0.176. The van der Waals surface area contributed by atoms with Crippen LogP contribution < -0.4 is 5.32 Å². The van der Waals surface area contributed by atoms with Crippen molar-refractivity contribution in [2.75, 3.05) is 19.6 Å². The van der Waals surface area contributed by atoms with Gasteiger partial charge in [0.1, 0.15) is 4.90 Å². The number of halogens is 1. The van der Waals surface area contributed by atoms with E-state index in [-0.39, 0.29) is 16.7 Å². The largest absolute Gasteiger partial charge is 0.356 e. The van der Waals surface area contributed by atoms with E-state index in [1.807, 2.05) is 24.3 Å². The van der Waals surface area contributed by atoms with Crippen molar-refractivity contribution in [1.29, 1.82) is 0 Å². The van der Waals surface area contributed by atoms with Gasteiger partial charge in [-0.3, -0.25) is 9.89 Å². The number of piperidine rings is 1. The lowest BCUT2D eigenvalue weighted by molar-refractivity contribution is -0.126. The highest BCUT2D eigenvalue weighted by Gasteiger charge is 2.34. The molecule has 1 aliphatic rings. The van der Waals surface area contributed by atoms with Crippen LogP contribution in [0.3, 0.4) is 0 Å². The van der Waals surface area contributed by atoms with Crippen molar-refractivity contribution in [3.8, 4) is 0 Å². The van der Waals surface area contributed by atoms with Crippen LogP contribution in [0.5, 0.6) is 0 Å². The number of aryl methyl sites for hydroxylation is 2. The SMILES string of the molecule is Cc1n[nH]c(C)c1S(=O)(=O)N1CCC(C(=O)NCCc2ccc(Cl)cc2)CC1. The summed E-state index contributed by atoms with van der Waals surface area (Å²) in [5.41, 5.74) is 2.12. The number of benzene rings is 1. The lowest BCUT2D eigenvalue weighted by Gasteiger charge is -2.30. The first kappa shape index (κ1) is 20.8. The van der Waals surface area contributed by atoms with Crippen LogP contribution in [-0.2, 0) is 21.2 Å². The van der Waals surface area contributed by atoms with Crippen LogP contribution in [0.1, 0.15) is 29.8 Å². The van der Waals surface area contributed by atoms with Crippen molar-refractivity contribution in [3.05, 3.63) is 46.2 Å². The van der Waals surface area contributed by atoms with Crippen LogP contribution in [0, 0.1) is 19.8 Å². The second kappa shape index (κ2) is 8.63. The lowest BCUT2D eigenvalue weighted by atomic mass is 9.97. The normalized spacial score (nSPS) is 16.2. The Labute approximate surface area is 170 Å². The Hall–Kier alpha value is -1.90. The molecule has 152 valence electrons. The first-order valence-electron chi connectivity index (χ1n) is 9.33. The Morgan fingerprint density at radius 3 is 2.46 bits per heavy atom. The first-order valence-corrected chi connectivity index (χ1v) is 11.1. The fraction of sp³-hybridized carbons (Fsp3) is 0.474. The quantitative estimate of drug-likeness (QED) is 0.744. The Morgan fingerprint density at radius 1 is 1.25 bits per heavy atom. The van der Waals surface area contributed by atoms with Crippen molar-refractivity contribution < 1.29 is 13.2 Å². The Bertz CT molecular complexity index is 913. The van der Waals surface area contributed by atoms with Gasteiger partial charge in [-0.2, -0.15) is 9.40 Å². The minimum absolute atomic E-state index is 0.0123. The molecule has 3 rings (SSSR count). The minimum Gasteiger partial charge on any atom is -0.356 e. The molecule has 1 saturated heterocycles. The topological polar surface area (TPSA) is 95.2 Å². The molecule has 1 aliphatic heterocycles. The number of aromatic nitrogens is 2. The zero-order chi connectivity index (χ0) is 20.3. The van der Waals surface area contributed by atoms with Crippen LogP contribution in [-0.4, -0.2) is 48.5 Å². The standard InChI is InChI=1S/C19H25ClN4O3S/c1-13-18(14(2)23-22-13)28(26,27)24-11-8-16(9-12-24)19(25)21-10-7-15-3-5-17(20)6-4-15/h3-6,16H,7-12H2,1-2H3,(H,21,25)(H,22,23). The van der Waals surface area contributed by atoms with E-state index < -0.39 is 10.0 Å². The molecule has 2 heterocycles. The predicted octanol–water partition coefficient (Wildman–Crippen LogP) is 2.44. The number of hydrogen-bond acceptors (Lipinski definition) is 4. The average molecular weight is 425 g/mol. The highest BCUT2D eigenvalue weighted by atomic mass is 35.5. The zero-order valence-electron chi connectivity index (χ0n) is 16.0. The van der Waals surface area contributed by atoms with Crippen LogP contribution in [0.2, 0.25) is 5.02 Å². The summed E-state index contributed by atoms with van der Waals surface area (Å²) in [5, 5.41) is 10.4. The predicted molar refractivity (Wildman–Crippen MR) is 108 cm³/mol. The second-order valence-corrected chi connectivity index (χ2v) is 9.42. The third-order valence-electron chi connectivity index (χ3n) is 5.11. The third kappa shape index (κ3) is 4.56. The average Bonchev–Trinajstić information content (AvgIpc) is 3.02. The van der Waals surface area contributed by atoms with Crippen molar-refractivity contribution in [1.82, 2.24) is 19.8 Å². The molecule has 0 atom stereocenters. The molecule has 0 saturated carbocycles. The number of carbonyl (C=O) groups is 1. The van der Waals surface area contributed by atoms with Gasteiger partial charge in [0.25, 0.3) is 0 Å². The Balaban J connectivity index is 1.50. The molecule has 28 heavy (non-hydrogen) atoms. The number of H-pyrrole nitrogens is 1. The highest BCUT2D eigenvalue weighted by molar-refractivity contribution is 7.89. The number of nitrogens with zero attached hydrogens (tertiary/aromatic N) is 2. The molecule has 0 unspecified atom stereocenters. The fourth-order valence-corrected chi connectivity index (χ4v) is 5.46. The Kier molecular flexibility index (Phi) is 6.42. The molecule has 0 radical (unpaired) electrons. The van der Waals surface area contributed by atoms with Crippen LogP contribution in [0.4, 0.5) is 0 Å². The lowest BCUT2D eigenvalue weighted by Crippen LogP contribution is -2.43. The molecule has 2 N–H and O–H groups in total. The van der Waals surface area contributed by atoms with Gasteiger partial charge in [-0.05, 0) is 50.8 Å². The number of aromatic amines is 1. The van der Waals surface area contributed by atoms with E-state index in [0.29, 0.717) is 48.9 Å². The monoisotopic (exact) mass is 424 g/mol. The summed E-state index contributed by atoms with van der Waals surface area (Å²) < 4.78 is 27.2. The third-order valence-corrected chi connectivity index (χ3v) is 7.52. The summed E-state index contributed by atoms with van der Waals surface area (Å²) in [6.45, 7) is 4.60.